The van der Waals surface area contributed by atoms with E-state index in [9.17, 15) is 4.79 Å². The molecule has 2 rings (SSSR count). The third-order valence-electron chi connectivity index (χ3n) is 3.35. The minimum Gasteiger partial charge on any atom is -0.350 e. The molecule has 0 saturated carbocycles. The number of nitrogens with zero attached hydrogens (tertiary/aromatic N) is 2. The van der Waals surface area contributed by atoms with Gasteiger partial charge in [-0.2, -0.15) is 5.10 Å². The third kappa shape index (κ3) is 1.89. The second kappa shape index (κ2) is 3.68. The highest BCUT2D eigenvalue weighted by Gasteiger charge is 2.36. The van der Waals surface area contributed by atoms with E-state index in [2.05, 4.69) is 17.3 Å². The van der Waals surface area contributed by atoms with Crippen molar-refractivity contribution in [3.05, 3.63) is 18.0 Å². The molecule has 0 aromatic carbocycles. The van der Waals surface area contributed by atoms with Crippen molar-refractivity contribution in [2.75, 3.05) is 0 Å². The summed E-state index contributed by atoms with van der Waals surface area (Å²) in [6.45, 7) is 2.13. The summed E-state index contributed by atoms with van der Waals surface area (Å²) in [5, 5.41) is 7.25. The fraction of sp³-hybridized carbons (Fsp3) is 0.636. The Labute approximate surface area is 89.7 Å². The molecule has 2 heterocycles. The summed E-state index contributed by atoms with van der Waals surface area (Å²) < 4.78 is 1.88. The zero-order valence-corrected chi connectivity index (χ0v) is 9.29. The Balaban J connectivity index is 2.15. The summed E-state index contributed by atoms with van der Waals surface area (Å²) in [4.78, 5) is 11.3. The van der Waals surface area contributed by atoms with Crippen molar-refractivity contribution in [2.24, 2.45) is 7.05 Å². The van der Waals surface area contributed by atoms with Gasteiger partial charge in [0.15, 0.2) is 0 Å². The molecule has 4 nitrogen and oxygen atoms in total. The maximum Gasteiger partial charge on any atom is 0.220 e. The van der Waals surface area contributed by atoms with Gasteiger partial charge in [0.05, 0.1) is 0 Å². The van der Waals surface area contributed by atoms with Crippen molar-refractivity contribution in [2.45, 2.75) is 38.1 Å². The number of carbonyl (C=O) groups excluding carboxylic acids is 1. The van der Waals surface area contributed by atoms with Crippen molar-refractivity contribution in [1.82, 2.24) is 15.1 Å². The molecule has 1 amide bonds. The highest BCUT2D eigenvalue weighted by Crippen LogP contribution is 2.27. The number of carbonyl (C=O) groups is 1. The van der Waals surface area contributed by atoms with E-state index in [0.29, 0.717) is 6.42 Å². The van der Waals surface area contributed by atoms with Crippen molar-refractivity contribution < 1.29 is 4.79 Å². The Morgan fingerprint density at radius 2 is 2.47 bits per heavy atom. The number of amides is 1. The van der Waals surface area contributed by atoms with Gasteiger partial charge in [0.1, 0.15) is 0 Å². The molecule has 1 saturated heterocycles. The Bertz CT molecular complexity index is 372. The van der Waals surface area contributed by atoms with Gasteiger partial charge in [-0.1, -0.05) is 6.92 Å². The molecular formula is C11H17N3O. The van der Waals surface area contributed by atoms with Crippen LogP contribution < -0.4 is 5.32 Å². The molecule has 1 atom stereocenters. The first-order valence-electron chi connectivity index (χ1n) is 5.43. The van der Waals surface area contributed by atoms with E-state index < -0.39 is 0 Å². The third-order valence-corrected chi connectivity index (χ3v) is 3.35. The summed E-state index contributed by atoms with van der Waals surface area (Å²) in [7, 11) is 1.94. The minimum absolute atomic E-state index is 0.0368. The van der Waals surface area contributed by atoms with Crippen molar-refractivity contribution in [3.8, 4) is 0 Å². The van der Waals surface area contributed by atoms with Gasteiger partial charge in [0, 0.05) is 37.3 Å². The number of rotatable bonds is 3. The fourth-order valence-corrected chi connectivity index (χ4v) is 2.22. The zero-order chi connectivity index (χ0) is 10.9. The molecule has 4 heteroatoms. The predicted molar refractivity (Wildman–Crippen MR) is 57.3 cm³/mol. The molecule has 0 spiro atoms. The SMILES string of the molecule is CCC1(Cc2ccnn2C)CCC(=O)N1. The van der Waals surface area contributed by atoms with Crippen molar-refractivity contribution in [1.29, 1.82) is 0 Å². The number of hydrogen-bond donors (Lipinski definition) is 1. The Kier molecular flexibility index (Phi) is 2.50. The van der Waals surface area contributed by atoms with E-state index in [1.165, 1.54) is 5.69 Å². The van der Waals surface area contributed by atoms with Crippen LogP contribution >= 0.6 is 0 Å². The molecule has 1 aromatic heterocycles. The van der Waals surface area contributed by atoms with E-state index in [4.69, 9.17) is 0 Å². The summed E-state index contributed by atoms with van der Waals surface area (Å²) in [6, 6.07) is 2.02. The van der Waals surface area contributed by atoms with E-state index in [0.717, 1.165) is 19.3 Å². The average molecular weight is 207 g/mol. The molecule has 82 valence electrons. The molecule has 15 heavy (non-hydrogen) atoms. The van der Waals surface area contributed by atoms with Crippen LogP contribution in [0.1, 0.15) is 31.9 Å². The topological polar surface area (TPSA) is 46.9 Å². The van der Waals surface area contributed by atoms with E-state index >= 15 is 0 Å². The predicted octanol–water partition coefficient (Wildman–Crippen LogP) is 1.02. The zero-order valence-electron chi connectivity index (χ0n) is 9.29. The van der Waals surface area contributed by atoms with Gasteiger partial charge < -0.3 is 5.32 Å². The van der Waals surface area contributed by atoms with Crippen LogP contribution in [0.5, 0.6) is 0 Å². The van der Waals surface area contributed by atoms with Crippen LogP contribution in [0.4, 0.5) is 0 Å². The van der Waals surface area contributed by atoms with Crippen molar-refractivity contribution >= 4 is 5.91 Å². The number of aromatic nitrogens is 2. The van der Waals surface area contributed by atoms with Crippen LogP contribution in [0.2, 0.25) is 0 Å². The lowest BCUT2D eigenvalue weighted by molar-refractivity contribution is -0.119. The molecule has 1 aliphatic heterocycles. The van der Waals surface area contributed by atoms with Gasteiger partial charge in [-0.15, -0.1) is 0 Å². The average Bonchev–Trinajstić information content (AvgIpc) is 2.76. The fourth-order valence-electron chi connectivity index (χ4n) is 2.22. The largest absolute Gasteiger partial charge is 0.350 e. The van der Waals surface area contributed by atoms with Crippen LogP contribution in [0.15, 0.2) is 12.3 Å². The molecule has 1 fully saturated rings. The lowest BCUT2D eigenvalue weighted by atomic mass is 9.89. The van der Waals surface area contributed by atoms with Gasteiger partial charge in [0.25, 0.3) is 0 Å². The first-order valence-corrected chi connectivity index (χ1v) is 5.43. The molecule has 1 aliphatic rings. The normalized spacial score (nSPS) is 25.6. The highest BCUT2D eigenvalue weighted by atomic mass is 16.2. The molecule has 1 aromatic rings. The molecule has 1 unspecified atom stereocenters. The Morgan fingerprint density at radius 1 is 1.67 bits per heavy atom. The smallest absolute Gasteiger partial charge is 0.220 e. The number of nitrogens with one attached hydrogen (secondary N) is 1. The molecule has 1 N–H and O–H groups in total. The Morgan fingerprint density at radius 3 is 2.93 bits per heavy atom. The quantitative estimate of drug-likeness (QED) is 0.804. The molecule has 0 aliphatic carbocycles. The second-order valence-electron chi connectivity index (χ2n) is 4.30. The summed E-state index contributed by atoms with van der Waals surface area (Å²) in [5.74, 6) is 0.180. The van der Waals surface area contributed by atoms with Crippen LogP contribution in [0.3, 0.4) is 0 Å². The van der Waals surface area contributed by atoms with E-state index in [1.54, 1.807) is 6.20 Å². The Hall–Kier alpha value is -1.32. The van der Waals surface area contributed by atoms with Crippen LogP contribution in [-0.2, 0) is 18.3 Å². The highest BCUT2D eigenvalue weighted by molar-refractivity contribution is 5.79. The van der Waals surface area contributed by atoms with E-state index in [1.807, 2.05) is 17.8 Å². The summed E-state index contributed by atoms with van der Waals surface area (Å²) in [5.41, 5.74) is 1.14. The van der Waals surface area contributed by atoms with Crippen LogP contribution in [0.25, 0.3) is 0 Å². The van der Waals surface area contributed by atoms with Gasteiger partial charge in [0.2, 0.25) is 5.91 Å². The molecular weight excluding hydrogens is 190 g/mol. The maximum atomic E-state index is 11.3. The van der Waals surface area contributed by atoms with Crippen molar-refractivity contribution in [3.63, 3.8) is 0 Å². The minimum atomic E-state index is -0.0368. The number of aryl methyl sites for hydroxylation is 1. The molecule has 0 bridgehead atoms. The lowest BCUT2D eigenvalue weighted by Gasteiger charge is -2.27. The van der Waals surface area contributed by atoms with Crippen LogP contribution in [0, 0.1) is 0 Å². The van der Waals surface area contributed by atoms with Crippen LogP contribution in [-0.4, -0.2) is 21.2 Å². The standard InChI is InChI=1S/C11H17N3O/c1-3-11(6-4-10(15)13-11)8-9-5-7-12-14(9)2/h5,7H,3-4,6,8H2,1-2H3,(H,13,15). The molecule has 0 radical (unpaired) electrons. The monoisotopic (exact) mass is 207 g/mol. The van der Waals surface area contributed by atoms with Gasteiger partial charge in [-0.3, -0.25) is 9.48 Å². The van der Waals surface area contributed by atoms with E-state index in [-0.39, 0.29) is 11.4 Å². The number of hydrogen-bond acceptors (Lipinski definition) is 2. The summed E-state index contributed by atoms with van der Waals surface area (Å²) >= 11 is 0. The first kappa shape index (κ1) is 10.2. The summed E-state index contributed by atoms with van der Waals surface area (Å²) in [6.07, 6.45) is 5.25. The second-order valence-corrected chi connectivity index (χ2v) is 4.30. The first-order chi connectivity index (χ1) is 7.15. The maximum absolute atomic E-state index is 11.3. The van der Waals surface area contributed by atoms with Gasteiger partial charge >= 0.3 is 0 Å². The van der Waals surface area contributed by atoms with Gasteiger partial charge in [-0.25, -0.2) is 0 Å². The van der Waals surface area contributed by atoms with Gasteiger partial charge in [-0.05, 0) is 18.9 Å². The lowest BCUT2D eigenvalue weighted by Crippen LogP contribution is -2.43.